The molecule has 0 radical (unpaired) electrons. The van der Waals surface area contributed by atoms with Gasteiger partial charge >= 0.3 is 5.97 Å². The highest BCUT2D eigenvalue weighted by Gasteiger charge is 2.09. The molecule has 4 nitrogen and oxygen atoms in total. The molecule has 0 unspecified atom stereocenters. The second kappa shape index (κ2) is 7.75. The van der Waals surface area contributed by atoms with E-state index in [-0.39, 0.29) is 18.3 Å². The summed E-state index contributed by atoms with van der Waals surface area (Å²) in [4.78, 5) is 23.6. The summed E-state index contributed by atoms with van der Waals surface area (Å²) in [5.74, 6) is -0.482. The van der Waals surface area contributed by atoms with E-state index in [4.69, 9.17) is 4.74 Å². The van der Waals surface area contributed by atoms with Gasteiger partial charge < -0.3 is 10.1 Å². The van der Waals surface area contributed by atoms with Gasteiger partial charge in [0.15, 0.2) is 0 Å². The van der Waals surface area contributed by atoms with Gasteiger partial charge in [-0.2, -0.15) is 0 Å². The molecule has 0 aliphatic rings. The van der Waals surface area contributed by atoms with Crippen LogP contribution in [0, 0.1) is 0 Å². The lowest BCUT2D eigenvalue weighted by molar-refractivity contribution is -0.115. The second-order valence-electron chi connectivity index (χ2n) is 4.61. The minimum Gasteiger partial charge on any atom is -0.462 e. The van der Waals surface area contributed by atoms with E-state index < -0.39 is 0 Å². The Morgan fingerprint density at radius 2 is 1.77 bits per heavy atom. The summed E-state index contributed by atoms with van der Waals surface area (Å²) in [5.41, 5.74) is 2.03. The summed E-state index contributed by atoms with van der Waals surface area (Å²) in [6, 6.07) is 14.2. The molecule has 2 aromatic carbocycles. The van der Waals surface area contributed by atoms with Gasteiger partial charge in [-0.25, -0.2) is 4.79 Å². The van der Waals surface area contributed by atoms with Crippen LogP contribution in [-0.2, 0) is 16.0 Å². The first-order valence-electron chi connectivity index (χ1n) is 6.90. The van der Waals surface area contributed by atoms with Crippen molar-refractivity contribution in [2.24, 2.45) is 0 Å². The van der Waals surface area contributed by atoms with E-state index >= 15 is 0 Å². The monoisotopic (exact) mass is 361 g/mol. The van der Waals surface area contributed by atoms with Crippen LogP contribution in [0.3, 0.4) is 0 Å². The zero-order chi connectivity index (χ0) is 15.9. The number of rotatable bonds is 5. The van der Waals surface area contributed by atoms with Gasteiger partial charge in [0.2, 0.25) is 5.91 Å². The van der Waals surface area contributed by atoms with Gasteiger partial charge in [0.25, 0.3) is 0 Å². The number of ether oxygens (including phenoxy) is 1. The van der Waals surface area contributed by atoms with E-state index in [1.807, 2.05) is 24.3 Å². The summed E-state index contributed by atoms with van der Waals surface area (Å²) in [6.45, 7) is 2.09. The molecular weight excluding hydrogens is 346 g/mol. The highest BCUT2D eigenvalue weighted by molar-refractivity contribution is 9.10. The van der Waals surface area contributed by atoms with Crippen LogP contribution >= 0.6 is 15.9 Å². The smallest absolute Gasteiger partial charge is 0.338 e. The van der Waals surface area contributed by atoms with Crippen LogP contribution in [0.15, 0.2) is 53.0 Å². The molecule has 0 saturated carbocycles. The molecule has 0 aromatic heterocycles. The molecule has 2 rings (SSSR count). The van der Waals surface area contributed by atoms with E-state index in [2.05, 4.69) is 21.2 Å². The Morgan fingerprint density at radius 1 is 1.09 bits per heavy atom. The maximum Gasteiger partial charge on any atom is 0.338 e. The molecule has 114 valence electrons. The third kappa shape index (κ3) is 4.43. The van der Waals surface area contributed by atoms with Crippen molar-refractivity contribution in [1.29, 1.82) is 0 Å². The van der Waals surface area contributed by atoms with Crippen LogP contribution in [0.2, 0.25) is 0 Å². The van der Waals surface area contributed by atoms with Crippen molar-refractivity contribution in [3.05, 3.63) is 64.1 Å². The predicted molar refractivity (Wildman–Crippen MR) is 88.9 cm³/mol. The first-order valence-corrected chi connectivity index (χ1v) is 7.70. The highest BCUT2D eigenvalue weighted by Crippen LogP contribution is 2.17. The number of nitrogens with one attached hydrogen (secondary N) is 1. The molecule has 0 atom stereocenters. The fourth-order valence-corrected chi connectivity index (χ4v) is 2.35. The van der Waals surface area contributed by atoms with Crippen LogP contribution < -0.4 is 5.32 Å². The Labute approximate surface area is 137 Å². The van der Waals surface area contributed by atoms with E-state index in [1.165, 1.54) is 0 Å². The number of amides is 1. The normalized spacial score (nSPS) is 10.1. The number of carbonyl (C=O) groups excluding carboxylic acids is 2. The molecule has 0 bridgehead atoms. The topological polar surface area (TPSA) is 55.4 Å². The highest BCUT2D eigenvalue weighted by atomic mass is 79.9. The molecule has 1 amide bonds. The van der Waals surface area contributed by atoms with Gasteiger partial charge in [0.1, 0.15) is 0 Å². The van der Waals surface area contributed by atoms with Crippen LogP contribution in [-0.4, -0.2) is 18.5 Å². The molecule has 22 heavy (non-hydrogen) atoms. The van der Waals surface area contributed by atoms with Crippen LogP contribution in [0.1, 0.15) is 22.8 Å². The van der Waals surface area contributed by atoms with Crippen molar-refractivity contribution in [3.8, 4) is 0 Å². The number of hydrogen-bond donors (Lipinski definition) is 1. The lowest BCUT2D eigenvalue weighted by Crippen LogP contribution is -2.14. The lowest BCUT2D eigenvalue weighted by atomic mass is 10.1. The molecule has 0 heterocycles. The second-order valence-corrected chi connectivity index (χ2v) is 5.47. The average molecular weight is 362 g/mol. The quantitative estimate of drug-likeness (QED) is 0.823. The molecule has 5 heteroatoms. The molecule has 2 aromatic rings. The van der Waals surface area contributed by atoms with Crippen molar-refractivity contribution >= 4 is 33.5 Å². The van der Waals surface area contributed by atoms with Crippen molar-refractivity contribution in [3.63, 3.8) is 0 Å². The Bertz CT molecular complexity index is 668. The Kier molecular flexibility index (Phi) is 5.72. The number of carbonyl (C=O) groups is 2. The number of hydrogen-bond acceptors (Lipinski definition) is 3. The number of benzene rings is 2. The van der Waals surface area contributed by atoms with Crippen LogP contribution in [0.4, 0.5) is 5.69 Å². The SMILES string of the molecule is CCOC(=O)c1ccc(NC(=O)Cc2ccccc2Br)cc1. The van der Waals surface area contributed by atoms with Gasteiger partial charge in [0.05, 0.1) is 18.6 Å². The molecule has 0 aliphatic carbocycles. The third-order valence-electron chi connectivity index (χ3n) is 2.99. The largest absolute Gasteiger partial charge is 0.462 e. The average Bonchev–Trinajstić information content (AvgIpc) is 2.50. The van der Waals surface area contributed by atoms with Gasteiger partial charge in [0, 0.05) is 10.2 Å². The summed E-state index contributed by atoms with van der Waals surface area (Å²) in [6.07, 6.45) is 0.279. The van der Waals surface area contributed by atoms with Crippen molar-refractivity contribution < 1.29 is 14.3 Å². The third-order valence-corrected chi connectivity index (χ3v) is 3.76. The summed E-state index contributed by atoms with van der Waals surface area (Å²) >= 11 is 3.42. The molecule has 0 fully saturated rings. The standard InChI is InChI=1S/C17H16BrNO3/c1-2-22-17(21)12-7-9-14(10-8-12)19-16(20)11-13-5-3-4-6-15(13)18/h3-10H,2,11H2,1H3,(H,19,20). The van der Waals surface area contributed by atoms with E-state index in [0.29, 0.717) is 17.9 Å². The summed E-state index contributed by atoms with van der Waals surface area (Å²) in [7, 11) is 0. The number of anilines is 1. The molecule has 1 N–H and O–H groups in total. The minimum atomic E-state index is -0.367. The van der Waals surface area contributed by atoms with Crippen LogP contribution in [0.5, 0.6) is 0 Å². The number of halogens is 1. The first kappa shape index (κ1) is 16.2. The zero-order valence-electron chi connectivity index (χ0n) is 12.1. The first-order chi connectivity index (χ1) is 10.6. The summed E-state index contributed by atoms with van der Waals surface area (Å²) in [5, 5.41) is 2.80. The fraction of sp³-hybridized carbons (Fsp3) is 0.176. The Balaban J connectivity index is 1.97. The van der Waals surface area contributed by atoms with Gasteiger partial charge in [-0.1, -0.05) is 34.1 Å². The van der Waals surface area contributed by atoms with E-state index in [0.717, 1.165) is 10.0 Å². The molecule has 0 spiro atoms. The van der Waals surface area contributed by atoms with Crippen molar-refractivity contribution in [2.75, 3.05) is 11.9 Å². The zero-order valence-corrected chi connectivity index (χ0v) is 13.7. The number of esters is 1. The lowest BCUT2D eigenvalue weighted by Gasteiger charge is -2.07. The predicted octanol–water partition coefficient (Wildman–Crippen LogP) is 3.81. The Hall–Kier alpha value is -2.14. The van der Waals surface area contributed by atoms with Crippen molar-refractivity contribution in [1.82, 2.24) is 0 Å². The maximum absolute atomic E-state index is 12.0. The molecular formula is C17H16BrNO3. The van der Waals surface area contributed by atoms with E-state index in [1.54, 1.807) is 31.2 Å². The van der Waals surface area contributed by atoms with E-state index in [9.17, 15) is 9.59 Å². The Morgan fingerprint density at radius 3 is 2.41 bits per heavy atom. The van der Waals surface area contributed by atoms with Gasteiger partial charge in [-0.3, -0.25) is 4.79 Å². The molecule has 0 aliphatic heterocycles. The van der Waals surface area contributed by atoms with Gasteiger partial charge in [-0.15, -0.1) is 0 Å². The van der Waals surface area contributed by atoms with Gasteiger partial charge in [-0.05, 0) is 42.8 Å². The van der Waals surface area contributed by atoms with Crippen LogP contribution in [0.25, 0.3) is 0 Å². The molecule has 0 saturated heterocycles. The minimum absolute atomic E-state index is 0.115. The maximum atomic E-state index is 12.0. The summed E-state index contributed by atoms with van der Waals surface area (Å²) < 4.78 is 5.81. The fourth-order valence-electron chi connectivity index (χ4n) is 1.92. The van der Waals surface area contributed by atoms with Crippen molar-refractivity contribution in [2.45, 2.75) is 13.3 Å².